The van der Waals surface area contributed by atoms with E-state index in [1.54, 1.807) is 13.1 Å². The molecule has 0 saturated carbocycles. The van der Waals surface area contributed by atoms with Gasteiger partial charge in [-0.05, 0) is 23.6 Å². The zero-order valence-corrected chi connectivity index (χ0v) is 12.0. The van der Waals surface area contributed by atoms with E-state index < -0.39 is 0 Å². The molecule has 0 heterocycles. The third kappa shape index (κ3) is 5.73. The lowest BCUT2D eigenvalue weighted by molar-refractivity contribution is 0.481. The van der Waals surface area contributed by atoms with E-state index in [0.717, 1.165) is 30.9 Å². The molecular weight excluding hydrogens is 241 g/mol. The maximum atomic E-state index is 13.0. The van der Waals surface area contributed by atoms with Crippen molar-refractivity contribution in [2.45, 2.75) is 33.2 Å². The molecule has 0 bridgehead atoms. The lowest BCUT2D eigenvalue weighted by atomic mass is 10.0. The molecule has 1 rings (SSSR count). The first-order valence-electron chi connectivity index (χ1n) is 6.88. The third-order valence-corrected chi connectivity index (χ3v) is 3.29. The van der Waals surface area contributed by atoms with Crippen molar-refractivity contribution in [3.8, 4) is 0 Å². The molecule has 0 amide bonds. The molecule has 0 fully saturated rings. The Morgan fingerprint density at radius 1 is 1.26 bits per heavy atom. The molecule has 0 spiro atoms. The zero-order chi connectivity index (χ0) is 14.1. The van der Waals surface area contributed by atoms with E-state index in [9.17, 15) is 4.39 Å². The molecule has 0 radical (unpaired) electrons. The van der Waals surface area contributed by atoms with Gasteiger partial charge < -0.3 is 10.6 Å². The highest BCUT2D eigenvalue weighted by atomic mass is 19.1. The highest BCUT2D eigenvalue weighted by Gasteiger charge is 2.04. The molecule has 3 nitrogen and oxygen atoms in total. The second kappa shape index (κ2) is 8.51. The Balaban J connectivity index is 2.41. The lowest BCUT2D eigenvalue weighted by Gasteiger charge is -2.16. The zero-order valence-electron chi connectivity index (χ0n) is 12.0. The molecule has 106 valence electrons. The summed E-state index contributed by atoms with van der Waals surface area (Å²) in [5.74, 6) is 1.21. The van der Waals surface area contributed by atoms with Crippen LogP contribution in [0.25, 0.3) is 0 Å². The van der Waals surface area contributed by atoms with Gasteiger partial charge in [0.25, 0.3) is 0 Å². The second-order valence-corrected chi connectivity index (χ2v) is 4.62. The van der Waals surface area contributed by atoms with E-state index >= 15 is 0 Å². The summed E-state index contributed by atoms with van der Waals surface area (Å²) < 4.78 is 13.0. The van der Waals surface area contributed by atoms with Gasteiger partial charge in [-0.3, -0.25) is 4.99 Å². The van der Waals surface area contributed by atoms with Crippen LogP contribution in [0.5, 0.6) is 0 Å². The maximum absolute atomic E-state index is 13.0. The number of guanidine groups is 1. The molecule has 4 heteroatoms. The van der Waals surface area contributed by atoms with Crippen molar-refractivity contribution in [3.63, 3.8) is 0 Å². The van der Waals surface area contributed by atoms with Gasteiger partial charge in [-0.15, -0.1) is 0 Å². The standard InChI is InChI=1S/C15H24FN3/c1-4-12(5-2)10-18-15(17-3)19-11-13-7-6-8-14(16)9-13/h6-9,12H,4-5,10-11H2,1-3H3,(H2,17,18,19). The van der Waals surface area contributed by atoms with Crippen LogP contribution >= 0.6 is 0 Å². The van der Waals surface area contributed by atoms with E-state index in [2.05, 4.69) is 29.5 Å². The number of nitrogens with zero attached hydrogens (tertiary/aromatic N) is 1. The van der Waals surface area contributed by atoms with Gasteiger partial charge in [0, 0.05) is 20.1 Å². The Bertz CT molecular complexity index is 400. The number of benzene rings is 1. The number of aliphatic imine (C=N–C) groups is 1. The molecule has 2 N–H and O–H groups in total. The summed E-state index contributed by atoms with van der Waals surface area (Å²) in [7, 11) is 1.74. The minimum Gasteiger partial charge on any atom is -0.356 e. The van der Waals surface area contributed by atoms with Gasteiger partial charge in [-0.25, -0.2) is 4.39 Å². The normalized spacial score (nSPS) is 11.7. The van der Waals surface area contributed by atoms with Crippen LogP contribution in [-0.2, 0) is 6.54 Å². The average molecular weight is 265 g/mol. The molecule has 1 aromatic rings. The fourth-order valence-corrected chi connectivity index (χ4v) is 1.87. The molecular formula is C15H24FN3. The third-order valence-electron chi connectivity index (χ3n) is 3.29. The van der Waals surface area contributed by atoms with Gasteiger partial charge in [-0.1, -0.05) is 38.8 Å². The Kier molecular flexibility index (Phi) is 6.93. The maximum Gasteiger partial charge on any atom is 0.191 e. The molecule has 0 aromatic heterocycles. The van der Waals surface area contributed by atoms with Crippen LogP contribution in [0, 0.1) is 11.7 Å². The minimum absolute atomic E-state index is 0.209. The van der Waals surface area contributed by atoms with Crippen LogP contribution in [0.1, 0.15) is 32.3 Å². The van der Waals surface area contributed by atoms with Crippen molar-refractivity contribution < 1.29 is 4.39 Å². The van der Waals surface area contributed by atoms with Gasteiger partial charge in [0.2, 0.25) is 0 Å². The van der Waals surface area contributed by atoms with Crippen molar-refractivity contribution in [1.82, 2.24) is 10.6 Å². The predicted molar refractivity (Wildman–Crippen MR) is 78.7 cm³/mol. The van der Waals surface area contributed by atoms with E-state index in [0.29, 0.717) is 12.5 Å². The molecule has 0 saturated heterocycles. The first-order chi connectivity index (χ1) is 9.19. The molecule has 19 heavy (non-hydrogen) atoms. The Hall–Kier alpha value is -1.58. The van der Waals surface area contributed by atoms with Gasteiger partial charge >= 0.3 is 0 Å². The topological polar surface area (TPSA) is 36.4 Å². The van der Waals surface area contributed by atoms with Crippen molar-refractivity contribution in [1.29, 1.82) is 0 Å². The highest BCUT2D eigenvalue weighted by molar-refractivity contribution is 5.79. The van der Waals surface area contributed by atoms with Crippen LogP contribution in [0.15, 0.2) is 29.3 Å². The monoisotopic (exact) mass is 265 g/mol. The van der Waals surface area contributed by atoms with E-state index in [-0.39, 0.29) is 5.82 Å². The minimum atomic E-state index is -0.209. The number of hydrogen-bond acceptors (Lipinski definition) is 1. The first-order valence-corrected chi connectivity index (χ1v) is 6.88. The van der Waals surface area contributed by atoms with E-state index in [1.807, 2.05) is 6.07 Å². The van der Waals surface area contributed by atoms with Crippen molar-refractivity contribution in [2.24, 2.45) is 10.9 Å². The average Bonchev–Trinajstić information content (AvgIpc) is 2.43. The largest absolute Gasteiger partial charge is 0.356 e. The van der Waals surface area contributed by atoms with Crippen molar-refractivity contribution in [2.75, 3.05) is 13.6 Å². The molecule has 0 unspecified atom stereocenters. The van der Waals surface area contributed by atoms with E-state index in [1.165, 1.54) is 12.1 Å². The lowest BCUT2D eigenvalue weighted by Crippen LogP contribution is -2.39. The number of hydrogen-bond donors (Lipinski definition) is 2. The fraction of sp³-hybridized carbons (Fsp3) is 0.533. The molecule has 1 aromatic carbocycles. The van der Waals surface area contributed by atoms with Crippen LogP contribution in [-0.4, -0.2) is 19.6 Å². The first kappa shape index (κ1) is 15.5. The van der Waals surface area contributed by atoms with Crippen LogP contribution in [0.4, 0.5) is 4.39 Å². The van der Waals surface area contributed by atoms with E-state index in [4.69, 9.17) is 0 Å². The van der Waals surface area contributed by atoms with Crippen LogP contribution in [0.2, 0.25) is 0 Å². The van der Waals surface area contributed by atoms with Gasteiger partial charge in [0.15, 0.2) is 5.96 Å². The van der Waals surface area contributed by atoms with Crippen molar-refractivity contribution >= 4 is 5.96 Å². The summed E-state index contributed by atoms with van der Waals surface area (Å²) in [4.78, 5) is 4.17. The fourth-order valence-electron chi connectivity index (χ4n) is 1.87. The molecule has 0 aliphatic heterocycles. The highest BCUT2D eigenvalue weighted by Crippen LogP contribution is 2.05. The van der Waals surface area contributed by atoms with Crippen LogP contribution in [0.3, 0.4) is 0 Å². The summed E-state index contributed by atoms with van der Waals surface area (Å²) in [5.41, 5.74) is 0.908. The van der Waals surface area contributed by atoms with Gasteiger partial charge in [0.1, 0.15) is 5.82 Å². The van der Waals surface area contributed by atoms with Crippen molar-refractivity contribution in [3.05, 3.63) is 35.6 Å². The predicted octanol–water partition coefficient (Wildman–Crippen LogP) is 2.93. The summed E-state index contributed by atoms with van der Waals surface area (Å²) in [6.07, 6.45) is 2.31. The Labute approximate surface area is 115 Å². The van der Waals surface area contributed by atoms with Crippen LogP contribution < -0.4 is 10.6 Å². The summed E-state index contributed by atoms with van der Waals surface area (Å²) in [6, 6.07) is 6.59. The molecule has 0 aliphatic rings. The Morgan fingerprint density at radius 3 is 2.58 bits per heavy atom. The number of nitrogens with one attached hydrogen (secondary N) is 2. The SMILES string of the molecule is CCC(CC)CNC(=NC)NCc1cccc(F)c1. The molecule has 0 atom stereocenters. The van der Waals surface area contributed by atoms with Gasteiger partial charge in [0.05, 0.1) is 0 Å². The Morgan fingerprint density at radius 2 is 2.00 bits per heavy atom. The smallest absolute Gasteiger partial charge is 0.191 e. The second-order valence-electron chi connectivity index (χ2n) is 4.62. The summed E-state index contributed by atoms with van der Waals surface area (Å²) >= 11 is 0. The summed E-state index contributed by atoms with van der Waals surface area (Å²) in [5, 5.41) is 6.49. The quantitative estimate of drug-likeness (QED) is 0.613. The number of halogens is 1. The van der Waals surface area contributed by atoms with Gasteiger partial charge in [-0.2, -0.15) is 0 Å². The molecule has 0 aliphatic carbocycles. The summed E-state index contributed by atoms with van der Waals surface area (Å²) in [6.45, 7) is 5.87. The number of rotatable bonds is 6.